The summed E-state index contributed by atoms with van der Waals surface area (Å²) in [6.07, 6.45) is 8.53. The van der Waals surface area contributed by atoms with Crippen LogP contribution in [0.1, 0.15) is 57.8 Å². The smallest absolute Gasteiger partial charge is 0.337 e. The average Bonchev–Trinajstić information content (AvgIpc) is 3.27. The van der Waals surface area contributed by atoms with E-state index in [1.807, 2.05) is 4.90 Å². The maximum absolute atomic E-state index is 12.7. The van der Waals surface area contributed by atoms with Gasteiger partial charge in [0, 0.05) is 19.7 Å². The normalized spacial score (nSPS) is 25.4. The topological polar surface area (TPSA) is 85.5 Å². The van der Waals surface area contributed by atoms with Crippen LogP contribution in [0, 0.1) is 0 Å². The maximum atomic E-state index is 12.7. The second-order valence-corrected chi connectivity index (χ2v) is 9.38. The van der Waals surface area contributed by atoms with E-state index in [0.29, 0.717) is 18.9 Å². The summed E-state index contributed by atoms with van der Waals surface area (Å²) in [4.78, 5) is 1.99. The van der Waals surface area contributed by atoms with Gasteiger partial charge < -0.3 is 14.1 Å². The van der Waals surface area contributed by atoms with E-state index in [1.54, 1.807) is 0 Å². The highest BCUT2D eigenvalue weighted by Gasteiger charge is 2.40. The summed E-state index contributed by atoms with van der Waals surface area (Å²) < 4.78 is 36.8. The van der Waals surface area contributed by atoms with Crippen LogP contribution in [0.15, 0.2) is 9.64 Å². The van der Waals surface area contributed by atoms with Crippen LogP contribution in [0.4, 0.5) is 6.01 Å². The first-order valence-electron chi connectivity index (χ1n) is 9.05. The van der Waals surface area contributed by atoms with E-state index in [4.69, 9.17) is 9.15 Å². The molecule has 1 aromatic rings. The van der Waals surface area contributed by atoms with Crippen molar-refractivity contribution in [1.82, 2.24) is 10.2 Å². The van der Waals surface area contributed by atoms with Crippen LogP contribution in [0.2, 0.25) is 0 Å². The molecule has 1 aliphatic carbocycles. The number of nitrogens with zero attached hydrogens (tertiary/aromatic N) is 3. The minimum Gasteiger partial charge on any atom is -0.394 e. The molecule has 3 heterocycles. The lowest BCUT2D eigenvalue weighted by Crippen LogP contribution is -2.44. The van der Waals surface area contributed by atoms with Crippen LogP contribution in [0.3, 0.4) is 0 Å². The molecule has 0 radical (unpaired) electrons. The zero-order valence-electron chi connectivity index (χ0n) is 13.9. The Bertz CT molecular complexity index is 665. The molecule has 2 aliphatic heterocycles. The summed E-state index contributed by atoms with van der Waals surface area (Å²) in [6, 6.07) is 0.331. The van der Waals surface area contributed by atoms with E-state index >= 15 is 0 Å². The highest BCUT2D eigenvalue weighted by Crippen LogP contribution is 2.37. The predicted molar refractivity (Wildman–Crippen MR) is 87.7 cm³/mol. The van der Waals surface area contributed by atoms with Crippen LogP contribution in [-0.4, -0.2) is 49.2 Å². The Morgan fingerprint density at radius 2 is 1.75 bits per heavy atom. The summed E-state index contributed by atoms with van der Waals surface area (Å²) in [5.41, 5.74) is 0.0214. The number of aromatic nitrogens is 2. The molecule has 1 saturated carbocycles. The van der Waals surface area contributed by atoms with Gasteiger partial charge in [0.15, 0.2) is 0 Å². The second-order valence-electron chi connectivity index (χ2n) is 7.28. The molecule has 0 unspecified atom stereocenters. The molecule has 7 nitrogen and oxygen atoms in total. The zero-order chi connectivity index (χ0) is 16.6. The fourth-order valence-electron chi connectivity index (χ4n) is 4.22. The van der Waals surface area contributed by atoms with Crippen LogP contribution < -0.4 is 4.90 Å². The Morgan fingerprint density at radius 1 is 1.00 bits per heavy atom. The van der Waals surface area contributed by atoms with Crippen LogP contribution in [0.25, 0.3) is 0 Å². The molecule has 3 aliphatic rings. The molecule has 2 saturated heterocycles. The van der Waals surface area contributed by atoms with Gasteiger partial charge in [-0.1, -0.05) is 29.5 Å². The van der Waals surface area contributed by atoms with E-state index < -0.39 is 9.84 Å². The maximum Gasteiger partial charge on any atom is 0.337 e. The van der Waals surface area contributed by atoms with Gasteiger partial charge in [0.05, 0.1) is 10.9 Å². The number of sulfone groups is 1. The highest BCUT2D eigenvalue weighted by molar-refractivity contribution is 7.91. The molecular weight excluding hydrogens is 330 g/mol. The first kappa shape index (κ1) is 16.3. The number of hydrogen-bond donors (Lipinski definition) is 0. The summed E-state index contributed by atoms with van der Waals surface area (Å²) in [7, 11) is -3.49. The van der Waals surface area contributed by atoms with Crippen molar-refractivity contribution in [1.29, 1.82) is 0 Å². The summed E-state index contributed by atoms with van der Waals surface area (Å²) in [5.74, 6) is 0. The van der Waals surface area contributed by atoms with Gasteiger partial charge in [0.1, 0.15) is 0 Å². The Balaban J connectivity index is 1.45. The Labute approximate surface area is 142 Å². The molecule has 0 N–H and O–H groups in total. The lowest BCUT2D eigenvalue weighted by atomic mass is 9.89. The molecule has 134 valence electrons. The summed E-state index contributed by atoms with van der Waals surface area (Å²) in [6.45, 7) is 2.39. The fourth-order valence-corrected chi connectivity index (χ4v) is 5.80. The first-order valence-corrected chi connectivity index (χ1v) is 10.6. The number of anilines is 1. The standard InChI is InChI=1S/C16H25N3O4S/c20-24(21,13-5-2-1-3-6-13)15-18-17-14(23-15)19-10-8-16(9-11-19)7-4-12-22-16/h13H,1-12H2. The van der Waals surface area contributed by atoms with Gasteiger partial charge in [-0.05, 0) is 38.5 Å². The molecule has 1 spiro atoms. The third kappa shape index (κ3) is 2.94. The Morgan fingerprint density at radius 3 is 2.42 bits per heavy atom. The third-order valence-electron chi connectivity index (χ3n) is 5.76. The van der Waals surface area contributed by atoms with Crippen molar-refractivity contribution in [2.24, 2.45) is 0 Å². The van der Waals surface area contributed by atoms with Gasteiger partial charge in [-0.25, -0.2) is 8.42 Å². The Kier molecular flexibility index (Phi) is 4.28. The van der Waals surface area contributed by atoms with E-state index in [1.165, 1.54) is 0 Å². The van der Waals surface area contributed by atoms with Crippen molar-refractivity contribution in [2.45, 2.75) is 73.9 Å². The number of hydrogen-bond acceptors (Lipinski definition) is 7. The van der Waals surface area contributed by atoms with Gasteiger partial charge in [0.2, 0.25) is 9.84 Å². The Hall–Kier alpha value is -1.15. The SMILES string of the molecule is O=S(=O)(c1nnc(N2CCC3(CCCO3)CC2)o1)C1CCCCC1. The van der Waals surface area contributed by atoms with Gasteiger partial charge in [0.25, 0.3) is 0 Å². The number of rotatable bonds is 3. The van der Waals surface area contributed by atoms with Gasteiger partial charge in [-0.3, -0.25) is 0 Å². The monoisotopic (exact) mass is 355 g/mol. The molecule has 0 amide bonds. The molecule has 1 aromatic heterocycles. The number of ether oxygens (including phenoxy) is 1. The van der Waals surface area contributed by atoms with Crippen molar-refractivity contribution in [3.8, 4) is 0 Å². The molecule has 0 atom stereocenters. The van der Waals surface area contributed by atoms with Crippen LogP contribution >= 0.6 is 0 Å². The zero-order valence-corrected chi connectivity index (χ0v) is 14.8. The molecule has 4 rings (SSSR count). The lowest BCUT2D eigenvalue weighted by Gasteiger charge is -2.37. The second kappa shape index (κ2) is 6.29. The lowest BCUT2D eigenvalue weighted by molar-refractivity contribution is -0.0152. The molecule has 0 bridgehead atoms. The molecule has 24 heavy (non-hydrogen) atoms. The van der Waals surface area contributed by atoms with Gasteiger partial charge >= 0.3 is 11.2 Å². The molecule has 8 heteroatoms. The van der Waals surface area contributed by atoms with E-state index in [9.17, 15) is 8.42 Å². The predicted octanol–water partition coefficient (Wildman–Crippen LogP) is 2.33. The average molecular weight is 355 g/mol. The highest BCUT2D eigenvalue weighted by atomic mass is 32.2. The van der Waals surface area contributed by atoms with Crippen molar-refractivity contribution in [3.05, 3.63) is 0 Å². The first-order chi connectivity index (χ1) is 11.6. The fraction of sp³-hybridized carbons (Fsp3) is 0.875. The van der Waals surface area contributed by atoms with Gasteiger partial charge in [-0.2, -0.15) is 0 Å². The summed E-state index contributed by atoms with van der Waals surface area (Å²) in [5, 5.41) is 7.28. The van der Waals surface area contributed by atoms with Crippen molar-refractivity contribution >= 4 is 15.9 Å². The quantitative estimate of drug-likeness (QED) is 0.822. The minimum absolute atomic E-state index is 0.0214. The van der Waals surface area contributed by atoms with Crippen molar-refractivity contribution < 1.29 is 17.6 Å². The van der Waals surface area contributed by atoms with E-state index in [-0.39, 0.29) is 16.1 Å². The third-order valence-corrected chi connectivity index (χ3v) is 7.76. The summed E-state index contributed by atoms with van der Waals surface area (Å²) >= 11 is 0. The minimum atomic E-state index is -3.49. The number of piperidine rings is 1. The van der Waals surface area contributed by atoms with Crippen LogP contribution in [0.5, 0.6) is 0 Å². The molecular formula is C16H25N3O4S. The van der Waals surface area contributed by atoms with Crippen LogP contribution in [-0.2, 0) is 14.6 Å². The molecule has 0 aromatic carbocycles. The van der Waals surface area contributed by atoms with Gasteiger partial charge in [-0.15, -0.1) is 0 Å². The van der Waals surface area contributed by atoms with Crippen molar-refractivity contribution in [3.63, 3.8) is 0 Å². The van der Waals surface area contributed by atoms with Crippen molar-refractivity contribution in [2.75, 3.05) is 24.6 Å². The van der Waals surface area contributed by atoms with E-state index in [0.717, 1.165) is 64.6 Å². The van der Waals surface area contributed by atoms with E-state index in [2.05, 4.69) is 10.2 Å². The largest absolute Gasteiger partial charge is 0.394 e. The molecule has 3 fully saturated rings.